The van der Waals surface area contributed by atoms with E-state index in [9.17, 15) is 4.79 Å². The molecular formula is C15H21N3O. The van der Waals surface area contributed by atoms with E-state index in [-0.39, 0.29) is 11.9 Å². The first-order chi connectivity index (χ1) is 9.29. The maximum atomic E-state index is 11.9. The highest BCUT2D eigenvalue weighted by Crippen LogP contribution is 2.60. The van der Waals surface area contributed by atoms with Gasteiger partial charge in [-0.15, -0.1) is 0 Å². The molecule has 4 aliphatic rings. The maximum Gasteiger partial charge on any atom is 0.237 e. The number of nitrogens with zero attached hydrogens (tertiary/aromatic N) is 1. The van der Waals surface area contributed by atoms with Crippen molar-refractivity contribution in [2.75, 3.05) is 32.7 Å². The molecule has 2 aliphatic heterocycles. The van der Waals surface area contributed by atoms with Crippen molar-refractivity contribution in [2.24, 2.45) is 11.3 Å². The Labute approximate surface area is 113 Å². The highest BCUT2D eigenvalue weighted by molar-refractivity contribution is 5.79. The number of piperazine rings is 1. The molecule has 2 aliphatic carbocycles. The molecule has 1 amide bonds. The Morgan fingerprint density at radius 1 is 1.37 bits per heavy atom. The van der Waals surface area contributed by atoms with E-state index in [1.54, 1.807) is 0 Å². The summed E-state index contributed by atoms with van der Waals surface area (Å²) < 4.78 is 0. The largest absolute Gasteiger partial charge is 0.334 e. The predicted molar refractivity (Wildman–Crippen MR) is 73.6 cm³/mol. The molecule has 102 valence electrons. The van der Waals surface area contributed by atoms with Crippen LogP contribution < -0.4 is 10.6 Å². The minimum absolute atomic E-state index is 0.239. The number of hydrogen-bond donors (Lipinski definition) is 2. The number of carbonyl (C=O) groups excluding carboxylic acids is 1. The smallest absolute Gasteiger partial charge is 0.237 e. The van der Waals surface area contributed by atoms with E-state index in [2.05, 4.69) is 28.9 Å². The van der Waals surface area contributed by atoms with Crippen LogP contribution in [0, 0.1) is 11.3 Å². The van der Waals surface area contributed by atoms with Gasteiger partial charge in [0.05, 0.1) is 12.6 Å². The molecule has 0 radical (unpaired) electrons. The fraction of sp³-hybridized carbons (Fsp3) is 0.667. The molecule has 3 fully saturated rings. The van der Waals surface area contributed by atoms with Crippen LogP contribution in [-0.4, -0.2) is 49.6 Å². The molecule has 3 atom stereocenters. The summed E-state index contributed by atoms with van der Waals surface area (Å²) in [5.41, 5.74) is 1.97. The molecule has 1 saturated carbocycles. The quantitative estimate of drug-likeness (QED) is 0.749. The van der Waals surface area contributed by atoms with Crippen LogP contribution in [0.2, 0.25) is 0 Å². The topological polar surface area (TPSA) is 44.4 Å². The average Bonchev–Trinajstić information content (AvgIpc) is 3.02. The van der Waals surface area contributed by atoms with Crippen LogP contribution >= 0.6 is 0 Å². The molecular weight excluding hydrogens is 238 g/mol. The van der Waals surface area contributed by atoms with Crippen molar-refractivity contribution in [3.63, 3.8) is 0 Å². The van der Waals surface area contributed by atoms with Crippen LogP contribution in [0.15, 0.2) is 23.8 Å². The Morgan fingerprint density at radius 3 is 2.95 bits per heavy atom. The summed E-state index contributed by atoms with van der Waals surface area (Å²) in [6.45, 7) is 4.59. The normalized spacial score (nSPS) is 41.2. The molecule has 3 unspecified atom stereocenters. The zero-order chi connectivity index (χ0) is 12.9. The van der Waals surface area contributed by atoms with Gasteiger partial charge in [0.2, 0.25) is 5.91 Å². The third-order valence-corrected chi connectivity index (χ3v) is 5.24. The molecule has 0 bridgehead atoms. The molecule has 0 aromatic heterocycles. The molecule has 0 aromatic rings. The van der Waals surface area contributed by atoms with Crippen LogP contribution in [-0.2, 0) is 4.79 Å². The number of fused-ring (bicyclic) bond motifs is 1. The molecule has 2 saturated heterocycles. The van der Waals surface area contributed by atoms with Gasteiger partial charge in [0.25, 0.3) is 0 Å². The number of rotatable bonds is 2. The van der Waals surface area contributed by atoms with Gasteiger partial charge in [-0.1, -0.05) is 18.2 Å². The van der Waals surface area contributed by atoms with Crippen molar-refractivity contribution in [3.8, 4) is 0 Å². The van der Waals surface area contributed by atoms with Gasteiger partial charge in [0, 0.05) is 25.0 Å². The van der Waals surface area contributed by atoms with Crippen molar-refractivity contribution < 1.29 is 4.79 Å². The first kappa shape index (κ1) is 11.7. The molecule has 2 heterocycles. The van der Waals surface area contributed by atoms with E-state index < -0.39 is 0 Å². The molecule has 0 aromatic carbocycles. The fourth-order valence-corrected chi connectivity index (χ4v) is 3.97. The van der Waals surface area contributed by atoms with Crippen LogP contribution in [0.5, 0.6) is 0 Å². The zero-order valence-electron chi connectivity index (χ0n) is 11.2. The molecule has 19 heavy (non-hydrogen) atoms. The number of amides is 1. The van der Waals surface area contributed by atoms with Crippen molar-refractivity contribution in [1.29, 1.82) is 0 Å². The van der Waals surface area contributed by atoms with Gasteiger partial charge in [-0.3, -0.25) is 4.79 Å². The third-order valence-electron chi connectivity index (χ3n) is 5.24. The van der Waals surface area contributed by atoms with E-state index in [0.29, 0.717) is 12.0 Å². The van der Waals surface area contributed by atoms with Crippen molar-refractivity contribution in [2.45, 2.75) is 18.9 Å². The molecule has 4 nitrogen and oxygen atoms in total. The predicted octanol–water partition coefficient (Wildman–Crippen LogP) is 0.283. The Bertz CT molecular complexity index is 470. The average molecular weight is 259 g/mol. The van der Waals surface area contributed by atoms with E-state index in [0.717, 1.165) is 32.0 Å². The number of piperidine rings is 1. The fourth-order valence-electron chi connectivity index (χ4n) is 3.97. The molecule has 4 rings (SSSR count). The van der Waals surface area contributed by atoms with Crippen molar-refractivity contribution >= 4 is 5.91 Å². The number of allylic oxidation sites excluding steroid dienone is 1. The maximum absolute atomic E-state index is 11.9. The second kappa shape index (κ2) is 4.18. The Morgan fingerprint density at radius 2 is 2.32 bits per heavy atom. The first-order valence-electron chi connectivity index (χ1n) is 7.39. The summed E-state index contributed by atoms with van der Waals surface area (Å²) in [4.78, 5) is 13.9. The summed E-state index contributed by atoms with van der Waals surface area (Å²) in [5, 5.41) is 6.62. The second-order valence-electron chi connectivity index (χ2n) is 6.27. The first-order valence-corrected chi connectivity index (χ1v) is 7.39. The zero-order valence-corrected chi connectivity index (χ0v) is 11.2. The SMILES string of the molecule is O=C1CNCCN1C1C=CC(C23CNCC2C3)=CC1. The molecule has 2 N–H and O–H groups in total. The summed E-state index contributed by atoms with van der Waals surface area (Å²) in [7, 11) is 0. The van der Waals surface area contributed by atoms with Crippen molar-refractivity contribution in [3.05, 3.63) is 23.8 Å². The number of nitrogens with one attached hydrogen (secondary N) is 2. The van der Waals surface area contributed by atoms with Gasteiger partial charge >= 0.3 is 0 Å². The second-order valence-corrected chi connectivity index (χ2v) is 6.27. The minimum Gasteiger partial charge on any atom is -0.334 e. The molecule has 0 spiro atoms. The molecule has 4 heteroatoms. The monoisotopic (exact) mass is 259 g/mol. The van der Waals surface area contributed by atoms with Crippen LogP contribution in [0.1, 0.15) is 12.8 Å². The van der Waals surface area contributed by atoms with Gasteiger partial charge < -0.3 is 15.5 Å². The Hall–Kier alpha value is -1.13. The van der Waals surface area contributed by atoms with E-state index in [1.165, 1.54) is 18.5 Å². The lowest BCUT2D eigenvalue weighted by Crippen LogP contribution is -2.52. The van der Waals surface area contributed by atoms with Gasteiger partial charge in [-0.2, -0.15) is 0 Å². The standard InChI is InChI=1S/C15H21N3O/c19-14-9-16-5-6-18(14)13-3-1-11(2-4-13)15-7-12(15)8-17-10-15/h1-3,12-13,16-17H,4-10H2. The third kappa shape index (κ3) is 1.77. The van der Waals surface area contributed by atoms with Gasteiger partial charge in [0.15, 0.2) is 0 Å². The highest BCUT2D eigenvalue weighted by atomic mass is 16.2. The van der Waals surface area contributed by atoms with Gasteiger partial charge in [0.1, 0.15) is 0 Å². The Kier molecular flexibility index (Phi) is 2.57. The van der Waals surface area contributed by atoms with Crippen LogP contribution in [0.3, 0.4) is 0 Å². The van der Waals surface area contributed by atoms with Crippen LogP contribution in [0.25, 0.3) is 0 Å². The summed E-state index contributed by atoms with van der Waals surface area (Å²) in [6.07, 6.45) is 9.27. The van der Waals surface area contributed by atoms with Gasteiger partial charge in [-0.05, 0) is 30.9 Å². The summed E-state index contributed by atoms with van der Waals surface area (Å²) in [5.74, 6) is 1.10. The van der Waals surface area contributed by atoms with E-state index >= 15 is 0 Å². The van der Waals surface area contributed by atoms with Crippen molar-refractivity contribution in [1.82, 2.24) is 15.5 Å². The Balaban J connectivity index is 1.46. The van der Waals surface area contributed by atoms with E-state index in [4.69, 9.17) is 0 Å². The lowest BCUT2D eigenvalue weighted by Gasteiger charge is -2.34. The van der Waals surface area contributed by atoms with Crippen LogP contribution in [0.4, 0.5) is 0 Å². The van der Waals surface area contributed by atoms with Gasteiger partial charge in [-0.25, -0.2) is 0 Å². The lowest BCUT2D eigenvalue weighted by molar-refractivity contribution is -0.133. The summed E-state index contributed by atoms with van der Waals surface area (Å²) in [6, 6.07) is 0.279. The summed E-state index contributed by atoms with van der Waals surface area (Å²) >= 11 is 0. The lowest BCUT2D eigenvalue weighted by atomic mass is 9.88. The number of carbonyl (C=O) groups is 1. The minimum atomic E-state index is 0.239. The number of hydrogen-bond acceptors (Lipinski definition) is 3. The highest BCUT2D eigenvalue weighted by Gasteiger charge is 2.58. The van der Waals surface area contributed by atoms with E-state index in [1.807, 2.05) is 4.90 Å².